The maximum Gasteiger partial charge on any atom is 0.269 e. The van der Waals surface area contributed by atoms with E-state index in [2.05, 4.69) is 30.9 Å². The summed E-state index contributed by atoms with van der Waals surface area (Å²) in [7, 11) is 1.61. The summed E-state index contributed by atoms with van der Waals surface area (Å²) in [4.78, 5) is 36.1. The Morgan fingerprint density at radius 2 is 1.91 bits per heavy atom. The average Bonchev–Trinajstić information content (AvgIpc) is 3.39. The Morgan fingerprint density at radius 3 is 2.62 bits per heavy atom. The van der Waals surface area contributed by atoms with Crippen LogP contribution in [0.4, 0.5) is 5.69 Å². The van der Waals surface area contributed by atoms with E-state index in [1.165, 1.54) is 0 Å². The minimum Gasteiger partial charge on any atom is -0.378 e. The molecule has 0 unspecified atom stereocenters. The van der Waals surface area contributed by atoms with Crippen LogP contribution >= 0.6 is 0 Å². The van der Waals surface area contributed by atoms with Crippen LogP contribution in [0.2, 0.25) is 0 Å². The Bertz CT molecular complexity index is 1310. The molecule has 0 aliphatic heterocycles. The SMILES string of the molecule is CCc1cc2ncc(CNC34CCC(Nc5ccc(C(=O)NC)nc5C)(CC3)C4)cc2[nH]c1=O. The zero-order chi connectivity index (χ0) is 23.9. The summed E-state index contributed by atoms with van der Waals surface area (Å²) in [6, 6.07) is 7.67. The van der Waals surface area contributed by atoms with E-state index < -0.39 is 0 Å². The maximum atomic E-state index is 12.2. The van der Waals surface area contributed by atoms with Gasteiger partial charge < -0.3 is 20.9 Å². The van der Waals surface area contributed by atoms with E-state index in [-0.39, 0.29) is 22.5 Å². The Labute approximate surface area is 199 Å². The van der Waals surface area contributed by atoms with Crippen LogP contribution in [0.15, 0.2) is 35.3 Å². The number of aryl methyl sites for hydroxylation is 2. The molecular weight excluding hydrogens is 428 g/mol. The van der Waals surface area contributed by atoms with Gasteiger partial charge in [-0.2, -0.15) is 0 Å². The Morgan fingerprint density at radius 1 is 1.15 bits per heavy atom. The minimum absolute atomic E-state index is 0.0314. The van der Waals surface area contributed by atoms with Crippen molar-refractivity contribution < 1.29 is 4.79 Å². The van der Waals surface area contributed by atoms with Crippen LogP contribution in [0.25, 0.3) is 11.0 Å². The Hall–Kier alpha value is -3.26. The van der Waals surface area contributed by atoms with E-state index in [1.807, 2.05) is 38.2 Å². The molecule has 178 valence electrons. The molecule has 0 aromatic carbocycles. The lowest BCUT2D eigenvalue weighted by atomic mass is 9.91. The summed E-state index contributed by atoms with van der Waals surface area (Å²) in [6.07, 6.45) is 8.07. The fraction of sp³-hybridized carbons (Fsp3) is 0.462. The van der Waals surface area contributed by atoms with Gasteiger partial charge in [-0.05, 0) is 75.3 Å². The first kappa shape index (κ1) is 22.5. The van der Waals surface area contributed by atoms with Gasteiger partial charge in [-0.1, -0.05) is 6.92 Å². The zero-order valence-corrected chi connectivity index (χ0v) is 20.0. The fourth-order valence-electron chi connectivity index (χ4n) is 5.67. The van der Waals surface area contributed by atoms with Gasteiger partial charge in [0.25, 0.3) is 11.5 Å². The summed E-state index contributed by atoms with van der Waals surface area (Å²) in [5.41, 5.74) is 5.86. The molecule has 2 aliphatic carbocycles. The molecule has 0 saturated heterocycles. The molecule has 2 bridgehead atoms. The number of aromatic amines is 1. The molecule has 0 spiro atoms. The van der Waals surface area contributed by atoms with E-state index in [9.17, 15) is 9.59 Å². The fourth-order valence-corrected chi connectivity index (χ4v) is 5.67. The number of amides is 1. The third-order valence-corrected chi connectivity index (χ3v) is 7.66. The summed E-state index contributed by atoms with van der Waals surface area (Å²) in [5, 5.41) is 10.2. The van der Waals surface area contributed by atoms with Gasteiger partial charge in [-0.25, -0.2) is 4.98 Å². The number of aromatic nitrogens is 3. The van der Waals surface area contributed by atoms with Crippen LogP contribution in [0, 0.1) is 6.92 Å². The lowest BCUT2D eigenvalue weighted by Crippen LogP contribution is -2.40. The number of nitrogens with one attached hydrogen (secondary N) is 4. The number of nitrogens with zero attached hydrogens (tertiary/aromatic N) is 2. The van der Waals surface area contributed by atoms with Crippen molar-refractivity contribution in [3.63, 3.8) is 0 Å². The predicted molar refractivity (Wildman–Crippen MR) is 133 cm³/mol. The number of carbonyl (C=O) groups is 1. The number of anilines is 1. The molecular formula is C26H32N6O2. The molecule has 5 rings (SSSR count). The van der Waals surface area contributed by atoms with Gasteiger partial charge >= 0.3 is 0 Å². The highest BCUT2D eigenvalue weighted by Gasteiger charge is 2.54. The molecule has 1 amide bonds. The number of pyridine rings is 3. The molecule has 2 fully saturated rings. The van der Waals surface area contributed by atoms with E-state index in [0.29, 0.717) is 12.1 Å². The molecule has 2 aliphatic rings. The molecule has 2 saturated carbocycles. The number of rotatable bonds is 7. The number of fused-ring (bicyclic) bond motifs is 3. The molecule has 0 radical (unpaired) electrons. The van der Waals surface area contributed by atoms with Gasteiger partial charge in [0, 0.05) is 36.4 Å². The van der Waals surface area contributed by atoms with Crippen molar-refractivity contribution in [2.45, 2.75) is 70.0 Å². The lowest BCUT2D eigenvalue weighted by Gasteiger charge is -2.30. The topological polar surface area (TPSA) is 112 Å². The summed E-state index contributed by atoms with van der Waals surface area (Å²) < 4.78 is 0. The molecule has 3 aromatic rings. The van der Waals surface area contributed by atoms with Gasteiger partial charge in [0.15, 0.2) is 0 Å². The second-order valence-corrected chi connectivity index (χ2v) is 9.88. The van der Waals surface area contributed by atoms with Crippen molar-refractivity contribution in [1.29, 1.82) is 0 Å². The van der Waals surface area contributed by atoms with E-state index in [4.69, 9.17) is 0 Å². The maximum absolute atomic E-state index is 12.2. The van der Waals surface area contributed by atoms with Crippen molar-refractivity contribution in [3.05, 3.63) is 63.3 Å². The lowest BCUT2D eigenvalue weighted by molar-refractivity contribution is 0.0958. The molecule has 3 heterocycles. The van der Waals surface area contributed by atoms with E-state index in [1.54, 1.807) is 13.1 Å². The molecule has 8 heteroatoms. The highest BCUT2D eigenvalue weighted by atomic mass is 16.1. The van der Waals surface area contributed by atoms with E-state index in [0.717, 1.165) is 72.2 Å². The van der Waals surface area contributed by atoms with Gasteiger partial charge in [0.2, 0.25) is 0 Å². The molecule has 3 aromatic heterocycles. The first-order valence-electron chi connectivity index (χ1n) is 12.1. The quantitative estimate of drug-likeness (QED) is 0.431. The van der Waals surface area contributed by atoms with Crippen LogP contribution in [-0.4, -0.2) is 39.0 Å². The van der Waals surface area contributed by atoms with E-state index >= 15 is 0 Å². The highest BCUT2D eigenvalue weighted by Crippen LogP contribution is 2.52. The number of hydrogen-bond donors (Lipinski definition) is 4. The van der Waals surface area contributed by atoms with Crippen LogP contribution in [0.5, 0.6) is 0 Å². The smallest absolute Gasteiger partial charge is 0.269 e. The van der Waals surface area contributed by atoms with Crippen LogP contribution < -0.4 is 21.5 Å². The highest BCUT2D eigenvalue weighted by molar-refractivity contribution is 5.92. The summed E-state index contributed by atoms with van der Waals surface area (Å²) in [6.45, 7) is 4.64. The average molecular weight is 461 g/mol. The van der Waals surface area contributed by atoms with Crippen molar-refractivity contribution in [2.24, 2.45) is 0 Å². The second kappa shape index (κ2) is 8.51. The van der Waals surface area contributed by atoms with Crippen LogP contribution in [0.1, 0.15) is 66.3 Å². The van der Waals surface area contributed by atoms with Crippen LogP contribution in [-0.2, 0) is 13.0 Å². The van der Waals surface area contributed by atoms with Crippen molar-refractivity contribution >= 4 is 22.6 Å². The predicted octanol–water partition coefficient (Wildman–Crippen LogP) is 3.21. The normalized spacial score (nSPS) is 23.4. The monoisotopic (exact) mass is 460 g/mol. The first-order chi connectivity index (χ1) is 16.3. The van der Waals surface area contributed by atoms with Gasteiger partial charge in [0.05, 0.1) is 22.4 Å². The first-order valence-corrected chi connectivity index (χ1v) is 12.1. The number of carbonyl (C=O) groups excluding carboxylic acids is 1. The standard InChI is InChI=1S/C26H32N6O2/c1-4-18-12-21-22(31-23(18)33)11-17(13-28-21)14-29-25-7-9-26(15-25,10-8-25)32-19-5-6-20(24(34)27-3)30-16(19)2/h5-6,11-13,29,32H,4,7-10,14-15H2,1-3H3,(H,27,34)(H,31,33). The zero-order valence-electron chi connectivity index (χ0n) is 20.0. The molecule has 0 atom stereocenters. The van der Waals surface area contributed by atoms with Crippen molar-refractivity contribution in [3.8, 4) is 0 Å². The minimum atomic E-state index is -0.171. The van der Waals surface area contributed by atoms with Crippen LogP contribution in [0.3, 0.4) is 0 Å². The Balaban J connectivity index is 1.27. The largest absolute Gasteiger partial charge is 0.378 e. The third-order valence-electron chi connectivity index (χ3n) is 7.66. The Kier molecular flexibility index (Phi) is 5.64. The molecule has 8 nitrogen and oxygen atoms in total. The third kappa shape index (κ3) is 4.07. The molecule has 4 N–H and O–H groups in total. The van der Waals surface area contributed by atoms with Gasteiger partial charge in [-0.15, -0.1) is 0 Å². The summed E-state index contributed by atoms with van der Waals surface area (Å²) in [5.74, 6) is -0.171. The van der Waals surface area contributed by atoms with Gasteiger partial charge in [0.1, 0.15) is 5.69 Å². The van der Waals surface area contributed by atoms with Crippen molar-refractivity contribution in [2.75, 3.05) is 12.4 Å². The number of hydrogen-bond acceptors (Lipinski definition) is 6. The van der Waals surface area contributed by atoms with Crippen molar-refractivity contribution in [1.82, 2.24) is 25.6 Å². The molecule has 34 heavy (non-hydrogen) atoms. The second-order valence-electron chi connectivity index (χ2n) is 9.88. The number of H-pyrrole nitrogens is 1. The van der Waals surface area contributed by atoms with Gasteiger partial charge in [-0.3, -0.25) is 14.6 Å². The summed E-state index contributed by atoms with van der Waals surface area (Å²) >= 11 is 0.